The number of anilines is 1. The van der Waals surface area contributed by atoms with Crippen LogP contribution >= 0.6 is 11.3 Å². The zero-order chi connectivity index (χ0) is 13.7. The van der Waals surface area contributed by atoms with Gasteiger partial charge in [0.05, 0.1) is 5.57 Å². The summed E-state index contributed by atoms with van der Waals surface area (Å²) in [5.41, 5.74) is 1.94. The van der Waals surface area contributed by atoms with E-state index in [4.69, 9.17) is 0 Å². The molecule has 0 atom stereocenters. The smallest absolute Gasteiger partial charge is 0.271 e. The van der Waals surface area contributed by atoms with Crippen molar-refractivity contribution in [2.24, 2.45) is 4.99 Å². The van der Waals surface area contributed by atoms with Crippen molar-refractivity contribution in [1.82, 2.24) is 4.57 Å². The van der Waals surface area contributed by atoms with Crippen LogP contribution in [0.2, 0.25) is 0 Å². The number of rotatable bonds is 0. The summed E-state index contributed by atoms with van der Waals surface area (Å²) in [6.45, 7) is 1.43. The van der Waals surface area contributed by atoms with Gasteiger partial charge in [-0.3, -0.25) is 19.1 Å². The highest BCUT2D eigenvalue weighted by molar-refractivity contribution is 7.07. The van der Waals surface area contributed by atoms with Gasteiger partial charge in [0.1, 0.15) is 4.53 Å². The average molecular weight is 285 g/mol. The van der Waals surface area contributed by atoms with E-state index in [0.717, 1.165) is 29.0 Å². The Labute approximate surface area is 117 Å². The fourth-order valence-corrected chi connectivity index (χ4v) is 3.74. The Morgan fingerprint density at radius 3 is 2.95 bits per heavy atom. The van der Waals surface area contributed by atoms with Crippen molar-refractivity contribution >= 4 is 28.5 Å². The summed E-state index contributed by atoms with van der Waals surface area (Å²) in [7, 11) is 0. The molecule has 2 aliphatic rings. The molecule has 0 spiro atoms. The SMILES string of the molecule is O=C1Nc2ccccc2/C1=c1\sc2n(c1=O)CCCN=2. The molecule has 1 amide bonds. The van der Waals surface area contributed by atoms with E-state index in [1.165, 1.54) is 11.3 Å². The third kappa shape index (κ3) is 1.51. The van der Waals surface area contributed by atoms with Crippen molar-refractivity contribution < 1.29 is 4.79 Å². The number of aromatic nitrogens is 1. The van der Waals surface area contributed by atoms with Gasteiger partial charge in [0.2, 0.25) is 0 Å². The molecular formula is C14H11N3O2S. The Kier molecular flexibility index (Phi) is 2.40. The molecule has 0 bridgehead atoms. The zero-order valence-corrected chi connectivity index (χ0v) is 11.4. The lowest BCUT2D eigenvalue weighted by atomic mass is 10.1. The molecule has 5 nitrogen and oxygen atoms in total. The minimum absolute atomic E-state index is 0.102. The Morgan fingerprint density at radius 2 is 2.10 bits per heavy atom. The number of carbonyl (C=O) groups is 1. The molecule has 1 N–H and O–H groups in total. The molecule has 0 saturated heterocycles. The van der Waals surface area contributed by atoms with Crippen LogP contribution in [0.4, 0.5) is 5.69 Å². The van der Waals surface area contributed by atoms with Gasteiger partial charge in [0, 0.05) is 24.3 Å². The highest BCUT2D eigenvalue weighted by Gasteiger charge is 2.26. The summed E-state index contributed by atoms with van der Waals surface area (Å²) >= 11 is 1.31. The monoisotopic (exact) mass is 285 g/mol. The summed E-state index contributed by atoms with van der Waals surface area (Å²) in [5, 5.41) is 2.81. The molecule has 6 heteroatoms. The standard InChI is InChI=1S/C14H11N3O2S/c18-12-10(8-4-1-2-5-9(8)16-12)11-13(19)17-7-3-6-15-14(17)20-11/h1-2,4-5H,3,6-7H2,(H,16,18)/b11-10+. The Hall–Kier alpha value is -2.21. The van der Waals surface area contributed by atoms with Gasteiger partial charge >= 0.3 is 0 Å². The molecule has 0 fully saturated rings. The molecule has 2 aliphatic heterocycles. The number of carbonyl (C=O) groups excluding carboxylic acids is 1. The van der Waals surface area contributed by atoms with Crippen LogP contribution in [0.25, 0.3) is 5.57 Å². The second-order valence-electron chi connectivity index (χ2n) is 4.78. The Balaban J connectivity index is 2.13. The molecular weight excluding hydrogens is 274 g/mol. The van der Waals surface area contributed by atoms with Gasteiger partial charge in [-0.05, 0) is 12.5 Å². The zero-order valence-electron chi connectivity index (χ0n) is 10.5. The molecule has 0 radical (unpaired) electrons. The number of nitrogens with zero attached hydrogens (tertiary/aromatic N) is 2. The molecule has 1 aromatic heterocycles. The van der Waals surface area contributed by atoms with Crippen LogP contribution in [-0.4, -0.2) is 17.0 Å². The summed E-state index contributed by atoms with van der Waals surface area (Å²) < 4.78 is 2.16. The molecule has 2 aromatic rings. The number of hydrogen-bond acceptors (Lipinski definition) is 4. The van der Waals surface area contributed by atoms with Gasteiger partial charge < -0.3 is 5.32 Å². The third-order valence-electron chi connectivity index (χ3n) is 3.55. The first-order valence-corrected chi connectivity index (χ1v) is 7.26. The van der Waals surface area contributed by atoms with Crippen LogP contribution in [0.1, 0.15) is 12.0 Å². The normalized spacial score (nSPS) is 19.1. The van der Waals surface area contributed by atoms with Crippen LogP contribution in [-0.2, 0) is 11.3 Å². The first kappa shape index (κ1) is 11.6. The highest BCUT2D eigenvalue weighted by atomic mass is 32.1. The van der Waals surface area contributed by atoms with Crippen molar-refractivity contribution in [3.63, 3.8) is 0 Å². The molecule has 0 unspecified atom stereocenters. The molecule has 0 aliphatic carbocycles. The van der Waals surface area contributed by atoms with Gasteiger partial charge in [-0.25, -0.2) is 0 Å². The van der Waals surface area contributed by atoms with Gasteiger partial charge in [-0.2, -0.15) is 0 Å². The van der Waals surface area contributed by atoms with Crippen molar-refractivity contribution in [2.75, 3.05) is 11.9 Å². The number of nitrogens with one attached hydrogen (secondary N) is 1. The van der Waals surface area contributed by atoms with Gasteiger partial charge in [-0.1, -0.05) is 29.5 Å². The molecule has 4 rings (SSSR count). The van der Waals surface area contributed by atoms with E-state index in [-0.39, 0.29) is 11.5 Å². The van der Waals surface area contributed by atoms with Crippen LogP contribution < -0.4 is 20.2 Å². The van der Waals surface area contributed by atoms with E-state index in [9.17, 15) is 9.59 Å². The first-order valence-electron chi connectivity index (χ1n) is 6.45. The predicted molar refractivity (Wildman–Crippen MR) is 76.4 cm³/mol. The quantitative estimate of drug-likeness (QED) is 0.745. The van der Waals surface area contributed by atoms with E-state index in [1.54, 1.807) is 4.57 Å². The average Bonchev–Trinajstić information content (AvgIpc) is 2.96. The van der Waals surface area contributed by atoms with Gasteiger partial charge in [0.15, 0.2) is 4.80 Å². The van der Waals surface area contributed by atoms with Crippen LogP contribution in [0.5, 0.6) is 0 Å². The number of amides is 1. The van der Waals surface area contributed by atoms with Crippen LogP contribution in [0.3, 0.4) is 0 Å². The molecule has 3 heterocycles. The summed E-state index contributed by atoms with van der Waals surface area (Å²) in [5.74, 6) is -0.206. The lowest BCUT2D eigenvalue weighted by Crippen LogP contribution is -2.35. The largest absolute Gasteiger partial charge is 0.321 e. The maximum atomic E-state index is 12.5. The number of thiazole rings is 1. The topological polar surface area (TPSA) is 63.5 Å². The molecule has 0 saturated carbocycles. The maximum Gasteiger partial charge on any atom is 0.271 e. The number of benzene rings is 1. The predicted octanol–water partition coefficient (Wildman–Crippen LogP) is 0.0842. The Bertz CT molecular complexity index is 907. The summed E-state index contributed by atoms with van der Waals surface area (Å²) in [6, 6.07) is 7.44. The first-order chi connectivity index (χ1) is 9.75. The van der Waals surface area contributed by atoms with Gasteiger partial charge in [0.25, 0.3) is 11.5 Å². The second-order valence-corrected chi connectivity index (χ2v) is 5.76. The summed E-state index contributed by atoms with van der Waals surface area (Å²) in [4.78, 5) is 29.7. The highest BCUT2D eigenvalue weighted by Crippen LogP contribution is 2.29. The molecule has 100 valence electrons. The Morgan fingerprint density at radius 1 is 1.25 bits per heavy atom. The number of hydrogen-bond donors (Lipinski definition) is 1. The minimum atomic E-state index is -0.206. The maximum absolute atomic E-state index is 12.5. The van der Waals surface area contributed by atoms with Crippen LogP contribution in [0.15, 0.2) is 34.1 Å². The van der Waals surface area contributed by atoms with E-state index in [0.29, 0.717) is 16.7 Å². The lowest BCUT2D eigenvalue weighted by Gasteiger charge is -2.03. The minimum Gasteiger partial charge on any atom is -0.321 e. The molecule has 1 aromatic carbocycles. The number of fused-ring (bicyclic) bond motifs is 2. The molecule has 20 heavy (non-hydrogen) atoms. The van der Waals surface area contributed by atoms with E-state index < -0.39 is 0 Å². The van der Waals surface area contributed by atoms with E-state index in [2.05, 4.69) is 10.3 Å². The fraction of sp³-hybridized carbons (Fsp3) is 0.214. The lowest BCUT2D eigenvalue weighted by molar-refractivity contribution is -0.110. The van der Waals surface area contributed by atoms with Crippen molar-refractivity contribution in [2.45, 2.75) is 13.0 Å². The van der Waals surface area contributed by atoms with Crippen molar-refractivity contribution in [3.05, 3.63) is 49.5 Å². The van der Waals surface area contributed by atoms with Crippen molar-refractivity contribution in [1.29, 1.82) is 0 Å². The van der Waals surface area contributed by atoms with Gasteiger partial charge in [-0.15, -0.1) is 0 Å². The summed E-state index contributed by atoms with van der Waals surface area (Å²) in [6.07, 6.45) is 0.876. The van der Waals surface area contributed by atoms with E-state index >= 15 is 0 Å². The second kappa shape index (κ2) is 4.14. The van der Waals surface area contributed by atoms with Crippen molar-refractivity contribution in [3.8, 4) is 0 Å². The van der Waals surface area contributed by atoms with Crippen LogP contribution in [0, 0.1) is 0 Å². The van der Waals surface area contributed by atoms with E-state index in [1.807, 2.05) is 24.3 Å². The fourth-order valence-electron chi connectivity index (χ4n) is 2.62. The number of para-hydroxylation sites is 1. The third-order valence-corrected chi connectivity index (χ3v) is 4.66.